The molecule has 0 aliphatic carbocycles. The Morgan fingerprint density at radius 2 is 1.58 bits per heavy atom. The summed E-state index contributed by atoms with van der Waals surface area (Å²) in [5.74, 6) is 6.74. The van der Waals surface area contributed by atoms with Gasteiger partial charge in [0.05, 0.1) is 0 Å². The summed E-state index contributed by atoms with van der Waals surface area (Å²) in [4.78, 5) is 27.6. The average Bonchev–Trinajstić information content (AvgIpc) is 2.77. The minimum absolute atomic E-state index is 0.127. The van der Waals surface area contributed by atoms with Crippen LogP contribution in [0.25, 0.3) is 0 Å². The van der Waals surface area contributed by atoms with Crippen LogP contribution >= 0.6 is 0 Å². The standard InChI is InChI=1S/C27H26N2O2/c1-20(16-21(2)30)17-24-9-7-22(8-10-24)5-6-23-11-13-26(14-12-23)27(31)29-19-25-4-3-15-28-18-25/h3-4,7-15,18,20H,16-17,19H2,1-2H3,(H,29,31). The number of hydrogen-bond donors (Lipinski definition) is 1. The molecular weight excluding hydrogens is 384 g/mol. The van der Waals surface area contributed by atoms with Crippen LogP contribution in [0.15, 0.2) is 73.1 Å². The molecule has 0 radical (unpaired) electrons. The fourth-order valence-electron chi connectivity index (χ4n) is 3.33. The van der Waals surface area contributed by atoms with Gasteiger partial charge in [-0.1, -0.05) is 37.0 Å². The molecule has 0 aliphatic heterocycles. The van der Waals surface area contributed by atoms with Gasteiger partial charge >= 0.3 is 0 Å². The molecule has 0 aliphatic rings. The number of amides is 1. The molecule has 4 heteroatoms. The molecule has 0 saturated heterocycles. The number of benzene rings is 2. The van der Waals surface area contributed by atoms with E-state index in [9.17, 15) is 9.59 Å². The smallest absolute Gasteiger partial charge is 0.251 e. The number of hydrogen-bond acceptors (Lipinski definition) is 3. The number of rotatable bonds is 7. The first-order chi connectivity index (χ1) is 15.0. The lowest BCUT2D eigenvalue weighted by Crippen LogP contribution is -2.22. The molecule has 0 fully saturated rings. The highest BCUT2D eigenvalue weighted by Gasteiger charge is 2.07. The Morgan fingerprint density at radius 3 is 2.16 bits per heavy atom. The van der Waals surface area contributed by atoms with Gasteiger partial charge < -0.3 is 10.1 Å². The fourth-order valence-corrected chi connectivity index (χ4v) is 3.33. The van der Waals surface area contributed by atoms with Crippen molar-refractivity contribution >= 4 is 11.7 Å². The summed E-state index contributed by atoms with van der Waals surface area (Å²) in [6.07, 6.45) is 4.94. The molecular formula is C27H26N2O2. The molecule has 0 saturated carbocycles. The van der Waals surface area contributed by atoms with Crippen molar-refractivity contribution in [3.8, 4) is 11.8 Å². The van der Waals surface area contributed by atoms with Crippen molar-refractivity contribution in [2.45, 2.75) is 33.2 Å². The van der Waals surface area contributed by atoms with E-state index in [1.54, 1.807) is 31.5 Å². The monoisotopic (exact) mass is 410 g/mol. The van der Waals surface area contributed by atoms with Crippen molar-refractivity contribution in [3.63, 3.8) is 0 Å². The highest BCUT2D eigenvalue weighted by molar-refractivity contribution is 5.94. The highest BCUT2D eigenvalue weighted by atomic mass is 16.1. The van der Waals surface area contributed by atoms with Gasteiger partial charge in [-0.05, 0) is 72.9 Å². The van der Waals surface area contributed by atoms with Crippen molar-refractivity contribution in [3.05, 3.63) is 101 Å². The van der Waals surface area contributed by atoms with Crippen LogP contribution in [-0.2, 0) is 17.8 Å². The van der Waals surface area contributed by atoms with Crippen LogP contribution in [0.2, 0.25) is 0 Å². The maximum absolute atomic E-state index is 12.3. The molecule has 31 heavy (non-hydrogen) atoms. The van der Waals surface area contributed by atoms with E-state index in [0.717, 1.165) is 23.1 Å². The van der Waals surface area contributed by atoms with Crippen LogP contribution in [0.4, 0.5) is 0 Å². The van der Waals surface area contributed by atoms with Gasteiger partial charge in [-0.25, -0.2) is 0 Å². The Kier molecular flexibility index (Phi) is 7.73. The van der Waals surface area contributed by atoms with Gasteiger partial charge in [-0.15, -0.1) is 0 Å². The Morgan fingerprint density at radius 1 is 0.935 bits per heavy atom. The molecule has 1 unspecified atom stereocenters. The van der Waals surface area contributed by atoms with Crippen LogP contribution in [0.1, 0.15) is 52.9 Å². The molecule has 1 heterocycles. The maximum atomic E-state index is 12.3. The predicted molar refractivity (Wildman–Crippen MR) is 122 cm³/mol. The van der Waals surface area contributed by atoms with Crippen molar-refractivity contribution in [2.24, 2.45) is 5.92 Å². The minimum atomic E-state index is -0.127. The van der Waals surface area contributed by atoms with Gasteiger partial charge in [0.25, 0.3) is 5.91 Å². The summed E-state index contributed by atoms with van der Waals surface area (Å²) in [6, 6.07) is 19.2. The molecule has 3 rings (SSSR count). The number of Topliss-reactive ketones (excluding diaryl/α,β-unsaturated/α-hetero) is 1. The summed E-state index contributed by atoms with van der Waals surface area (Å²) >= 11 is 0. The first-order valence-corrected chi connectivity index (χ1v) is 10.4. The second-order valence-electron chi connectivity index (χ2n) is 7.78. The molecule has 1 amide bonds. The van der Waals surface area contributed by atoms with Crippen molar-refractivity contribution in [1.82, 2.24) is 10.3 Å². The Hall–Kier alpha value is -3.71. The summed E-state index contributed by atoms with van der Waals surface area (Å²) in [7, 11) is 0. The lowest BCUT2D eigenvalue weighted by Gasteiger charge is -2.09. The van der Waals surface area contributed by atoms with E-state index < -0.39 is 0 Å². The SMILES string of the molecule is CC(=O)CC(C)Cc1ccc(C#Cc2ccc(C(=O)NCc3cccnc3)cc2)cc1. The molecule has 156 valence electrons. The molecule has 2 aromatic carbocycles. The molecule has 1 atom stereocenters. The largest absolute Gasteiger partial charge is 0.348 e. The van der Waals surface area contributed by atoms with Crippen molar-refractivity contribution in [1.29, 1.82) is 0 Å². The normalized spacial score (nSPS) is 11.2. The second kappa shape index (κ2) is 10.9. The van der Waals surface area contributed by atoms with Gasteiger partial charge in [0, 0.05) is 42.0 Å². The van der Waals surface area contributed by atoms with Crippen molar-refractivity contribution in [2.75, 3.05) is 0 Å². The number of ketones is 1. The summed E-state index contributed by atoms with van der Waals surface area (Å²) < 4.78 is 0. The second-order valence-corrected chi connectivity index (χ2v) is 7.78. The van der Waals surface area contributed by atoms with Gasteiger partial charge in [-0.3, -0.25) is 9.78 Å². The van der Waals surface area contributed by atoms with E-state index in [1.807, 2.05) is 36.4 Å². The van der Waals surface area contributed by atoms with Gasteiger partial charge in [0.2, 0.25) is 0 Å². The number of carbonyl (C=O) groups is 2. The lowest BCUT2D eigenvalue weighted by molar-refractivity contribution is -0.117. The summed E-state index contributed by atoms with van der Waals surface area (Å²) in [5, 5.41) is 2.89. The van der Waals surface area contributed by atoms with E-state index in [2.05, 4.69) is 41.2 Å². The number of aromatic nitrogens is 1. The Balaban J connectivity index is 1.55. The van der Waals surface area contributed by atoms with Crippen LogP contribution in [0, 0.1) is 17.8 Å². The molecule has 1 N–H and O–H groups in total. The fraction of sp³-hybridized carbons (Fsp3) is 0.222. The predicted octanol–water partition coefficient (Wildman–Crippen LogP) is 4.57. The molecule has 4 nitrogen and oxygen atoms in total. The van der Waals surface area contributed by atoms with E-state index in [1.165, 1.54) is 5.56 Å². The van der Waals surface area contributed by atoms with Gasteiger partial charge in [0.15, 0.2) is 0 Å². The van der Waals surface area contributed by atoms with Crippen LogP contribution in [-0.4, -0.2) is 16.7 Å². The lowest BCUT2D eigenvalue weighted by atomic mass is 9.96. The number of nitrogens with one attached hydrogen (secondary N) is 1. The Bertz CT molecular complexity index is 1080. The molecule has 0 bridgehead atoms. The zero-order valence-electron chi connectivity index (χ0n) is 17.9. The average molecular weight is 411 g/mol. The quantitative estimate of drug-likeness (QED) is 0.581. The van der Waals surface area contributed by atoms with E-state index in [-0.39, 0.29) is 11.7 Å². The highest BCUT2D eigenvalue weighted by Crippen LogP contribution is 2.13. The van der Waals surface area contributed by atoms with E-state index in [4.69, 9.17) is 0 Å². The number of pyridine rings is 1. The molecule has 1 aromatic heterocycles. The van der Waals surface area contributed by atoms with Crippen molar-refractivity contribution < 1.29 is 9.59 Å². The zero-order valence-corrected chi connectivity index (χ0v) is 17.9. The Labute approximate surface area is 183 Å². The summed E-state index contributed by atoms with van der Waals surface area (Å²) in [6.45, 7) is 4.17. The summed E-state index contributed by atoms with van der Waals surface area (Å²) in [5.41, 5.74) is 4.54. The molecule has 3 aromatic rings. The number of nitrogens with zero attached hydrogens (tertiary/aromatic N) is 1. The third kappa shape index (κ3) is 7.24. The van der Waals surface area contributed by atoms with Crippen LogP contribution in [0.5, 0.6) is 0 Å². The molecule has 0 spiro atoms. The first-order valence-electron chi connectivity index (χ1n) is 10.4. The zero-order chi connectivity index (χ0) is 22.1. The third-order valence-corrected chi connectivity index (χ3v) is 4.85. The van der Waals surface area contributed by atoms with Crippen LogP contribution in [0.3, 0.4) is 0 Å². The van der Waals surface area contributed by atoms with Gasteiger partial charge in [-0.2, -0.15) is 0 Å². The minimum Gasteiger partial charge on any atom is -0.348 e. The first kappa shape index (κ1) is 22.0. The topological polar surface area (TPSA) is 59.1 Å². The number of carbonyl (C=O) groups excluding carboxylic acids is 2. The van der Waals surface area contributed by atoms with E-state index >= 15 is 0 Å². The maximum Gasteiger partial charge on any atom is 0.251 e. The van der Waals surface area contributed by atoms with E-state index in [0.29, 0.717) is 24.4 Å². The van der Waals surface area contributed by atoms with Gasteiger partial charge in [0.1, 0.15) is 5.78 Å². The van der Waals surface area contributed by atoms with Crippen LogP contribution < -0.4 is 5.32 Å². The third-order valence-electron chi connectivity index (χ3n) is 4.85.